The summed E-state index contributed by atoms with van der Waals surface area (Å²) in [6.45, 7) is 6.15. The van der Waals surface area contributed by atoms with Gasteiger partial charge in [-0.05, 0) is 19.8 Å². The third kappa shape index (κ3) is 13.0. The van der Waals surface area contributed by atoms with Crippen molar-refractivity contribution in [2.45, 2.75) is 45.4 Å². The van der Waals surface area contributed by atoms with Crippen molar-refractivity contribution in [3.05, 3.63) is 12.3 Å². The van der Waals surface area contributed by atoms with Crippen molar-refractivity contribution >= 4 is 5.97 Å². The Labute approximate surface area is 91.3 Å². The molecule has 0 rings (SSSR count). The minimum Gasteiger partial charge on any atom is -0.481 e. The smallest absolute Gasteiger partial charge is 0.303 e. The third-order valence-corrected chi connectivity index (χ3v) is 1.88. The summed E-state index contributed by atoms with van der Waals surface area (Å²) in [6, 6.07) is 0. The third-order valence-electron chi connectivity index (χ3n) is 1.88. The molecule has 15 heavy (non-hydrogen) atoms. The summed E-state index contributed by atoms with van der Waals surface area (Å²) >= 11 is 0. The molecule has 0 heterocycles. The number of rotatable bonds is 10. The lowest BCUT2D eigenvalue weighted by Crippen LogP contribution is -2.11. The number of carboxylic acid groups (broad SMARTS) is 1. The predicted molar refractivity (Wildman–Crippen MR) is 59.2 cm³/mol. The molecule has 0 aromatic rings. The maximum absolute atomic E-state index is 10.2. The lowest BCUT2D eigenvalue weighted by atomic mass is 10.1. The van der Waals surface area contributed by atoms with Gasteiger partial charge in [-0.2, -0.15) is 0 Å². The molecule has 4 nitrogen and oxygen atoms in total. The van der Waals surface area contributed by atoms with Crippen LogP contribution in [0, 0.1) is 0 Å². The van der Waals surface area contributed by atoms with Gasteiger partial charge >= 0.3 is 5.97 Å². The van der Waals surface area contributed by atoms with Crippen LogP contribution in [0.2, 0.25) is 0 Å². The Kier molecular flexibility index (Phi) is 8.87. The maximum Gasteiger partial charge on any atom is 0.303 e. The fourth-order valence-corrected chi connectivity index (χ4v) is 1.16. The molecule has 0 aromatic carbocycles. The van der Waals surface area contributed by atoms with Gasteiger partial charge in [-0.25, -0.2) is 0 Å². The first-order valence-corrected chi connectivity index (χ1v) is 5.38. The standard InChI is InChI=1S/C11H21NO3/c1-10(2)12-15-9-7-5-3-4-6-8-11(13)14/h12H,1,3-9H2,2H3,(H,13,14). The number of carboxylic acids is 1. The molecule has 2 N–H and O–H groups in total. The van der Waals surface area contributed by atoms with Gasteiger partial charge in [0.2, 0.25) is 0 Å². The minimum absolute atomic E-state index is 0.285. The van der Waals surface area contributed by atoms with Gasteiger partial charge in [-0.3, -0.25) is 15.1 Å². The molecular weight excluding hydrogens is 194 g/mol. The molecule has 0 atom stereocenters. The van der Waals surface area contributed by atoms with Crippen LogP contribution in [0.25, 0.3) is 0 Å². The Morgan fingerprint density at radius 1 is 1.27 bits per heavy atom. The topological polar surface area (TPSA) is 58.6 Å². The van der Waals surface area contributed by atoms with Crippen molar-refractivity contribution in [1.29, 1.82) is 0 Å². The largest absolute Gasteiger partial charge is 0.481 e. The van der Waals surface area contributed by atoms with Crippen LogP contribution < -0.4 is 5.48 Å². The van der Waals surface area contributed by atoms with E-state index in [9.17, 15) is 4.79 Å². The van der Waals surface area contributed by atoms with E-state index < -0.39 is 5.97 Å². The van der Waals surface area contributed by atoms with Crippen LogP contribution in [0.5, 0.6) is 0 Å². The number of hydrogen-bond acceptors (Lipinski definition) is 3. The molecule has 0 aromatic heterocycles. The summed E-state index contributed by atoms with van der Waals surface area (Å²) < 4.78 is 0. The Morgan fingerprint density at radius 2 is 1.87 bits per heavy atom. The molecule has 0 spiro atoms. The van der Waals surface area contributed by atoms with E-state index in [1.165, 1.54) is 0 Å². The first-order chi connectivity index (χ1) is 7.13. The fraction of sp³-hybridized carbons (Fsp3) is 0.727. The Bertz CT molecular complexity index is 172. The quantitative estimate of drug-likeness (QED) is 0.434. The van der Waals surface area contributed by atoms with Crippen molar-refractivity contribution in [2.75, 3.05) is 6.61 Å². The second-order valence-electron chi connectivity index (χ2n) is 3.64. The lowest BCUT2D eigenvalue weighted by molar-refractivity contribution is -0.137. The molecule has 88 valence electrons. The Balaban J connectivity index is 2.99. The van der Waals surface area contributed by atoms with E-state index >= 15 is 0 Å². The van der Waals surface area contributed by atoms with Crippen molar-refractivity contribution in [2.24, 2.45) is 0 Å². The number of hydrogen-bond donors (Lipinski definition) is 2. The molecule has 0 fully saturated rings. The SMILES string of the molecule is C=C(C)NOCCCCCCCC(=O)O. The summed E-state index contributed by atoms with van der Waals surface area (Å²) in [4.78, 5) is 15.3. The van der Waals surface area contributed by atoms with Gasteiger partial charge < -0.3 is 5.11 Å². The van der Waals surface area contributed by atoms with Crippen LogP contribution in [0.3, 0.4) is 0 Å². The number of hydroxylamine groups is 1. The maximum atomic E-state index is 10.2. The number of aliphatic carboxylic acids is 1. The number of carbonyl (C=O) groups is 1. The van der Waals surface area contributed by atoms with E-state index in [4.69, 9.17) is 9.94 Å². The van der Waals surface area contributed by atoms with Crippen molar-refractivity contribution < 1.29 is 14.7 Å². The summed E-state index contributed by atoms with van der Waals surface area (Å²) in [7, 11) is 0. The molecular formula is C11H21NO3. The molecule has 0 saturated heterocycles. The summed E-state index contributed by atoms with van der Waals surface area (Å²) in [5.74, 6) is -0.705. The zero-order valence-electron chi connectivity index (χ0n) is 9.42. The first-order valence-electron chi connectivity index (χ1n) is 5.38. The second kappa shape index (κ2) is 9.52. The van der Waals surface area contributed by atoms with Crippen LogP contribution in [0.4, 0.5) is 0 Å². The van der Waals surface area contributed by atoms with Gasteiger partial charge in [0.05, 0.1) is 6.61 Å². The van der Waals surface area contributed by atoms with Crippen LogP contribution in [0.1, 0.15) is 45.4 Å². The predicted octanol–water partition coefficient (Wildman–Crippen LogP) is 2.47. The summed E-state index contributed by atoms with van der Waals surface area (Å²) in [5, 5.41) is 8.40. The molecule has 0 aliphatic heterocycles. The van der Waals surface area contributed by atoms with Gasteiger partial charge in [-0.15, -0.1) is 0 Å². The summed E-state index contributed by atoms with van der Waals surface area (Å²) in [5.41, 5.74) is 3.49. The molecule has 0 radical (unpaired) electrons. The average Bonchev–Trinajstić information content (AvgIpc) is 2.14. The van der Waals surface area contributed by atoms with Gasteiger partial charge in [0.25, 0.3) is 0 Å². The van der Waals surface area contributed by atoms with E-state index in [1.54, 1.807) is 0 Å². The molecule has 0 bridgehead atoms. The van der Waals surface area contributed by atoms with Crippen LogP contribution in [-0.4, -0.2) is 17.7 Å². The Hall–Kier alpha value is -1.03. The van der Waals surface area contributed by atoms with Gasteiger partial charge in [-0.1, -0.05) is 25.8 Å². The van der Waals surface area contributed by atoms with E-state index in [1.807, 2.05) is 6.92 Å². The van der Waals surface area contributed by atoms with Crippen LogP contribution >= 0.6 is 0 Å². The highest BCUT2D eigenvalue weighted by molar-refractivity contribution is 5.66. The van der Waals surface area contributed by atoms with E-state index in [0.29, 0.717) is 6.61 Å². The minimum atomic E-state index is -0.705. The molecule has 0 unspecified atom stereocenters. The highest BCUT2D eigenvalue weighted by Crippen LogP contribution is 2.05. The van der Waals surface area contributed by atoms with E-state index in [0.717, 1.165) is 37.8 Å². The molecule has 0 aliphatic rings. The zero-order valence-corrected chi connectivity index (χ0v) is 9.42. The van der Waals surface area contributed by atoms with Crippen molar-refractivity contribution in [1.82, 2.24) is 5.48 Å². The molecule has 4 heteroatoms. The first kappa shape index (κ1) is 14.0. The zero-order chi connectivity index (χ0) is 11.5. The lowest BCUT2D eigenvalue weighted by Gasteiger charge is -2.05. The molecule has 0 saturated carbocycles. The van der Waals surface area contributed by atoms with Crippen molar-refractivity contribution in [3.8, 4) is 0 Å². The Morgan fingerprint density at radius 3 is 2.47 bits per heavy atom. The van der Waals surface area contributed by atoms with Crippen molar-refractivity contribution in [3.63, 3.8) is 0 Å². The second-order valence-corrected chi connectivity index (χ2v) is 3.64. The normalized spacial score (nSPS) is 9.93. The molecule has 0 aliphatic carbocycles. The number of allylic oxidation sites excluding steroid dienone is 1. The molecule has 0 amide bonds. The van der Waals surface area contributed by atoms with Gasteiger partial charge in [0.15, 0.2) is 0 Å². The highest BCUT2D eigenvalue weighted by Gasteiger charge is 1.96. The highest BCUT2D eigenvalue weighted by atomic mass is 16.6. The van der Waals surface area contributed by atoms with Gasteiger partial charge in [0.1, 0.15) is 0 Å². The van der Waals surface area contributed by atoms with Crippen LogP contribution in [0.15, 0.2) is 12.3 Å². The average molecular weight is 215 g/mol. The van der Waals surface area contributed by atoms with Crippen LogP contribution in [-0.2, 0) is 9.63 Å². The monoisotopic (exact) mass is 215 g/mol. The summed E-state index contributed by atoms with van der Waals surface area (Å²) in [6.07, 6.45) is 5.20. The van der Waals surface area contributed by atoms with Gasteiger partial charge in [0, 0.05) is 12.1 Å². The fourth-order valence-electron chi connectivity index (χ4n) is 1.16. The number of nitrogens with one attached hydrogen (secondary N) is 1. The number of unbranched alkanes of at least 4 members (excludes halogenated alkanes) is 4. The van der Waals surface area contributed by atoms with E-state index in [-0.39, 0.29) is 6.42 Å². The van der Waals surface area contributed by atoms with E-state index in [2.05, 4.69) is 12.1 Å².